The van der Waals surface area contributed by atoms with Crippen molar-refractivity contribution in [2.45, 2.75) is 18.9 Å². The molecule has 9 heteroatoms. The summed E-state index contributed by atoms with van der Waals surface area (Å²) < 4.78 is 5.84. The predicted molar refractivity (Wildman–Crippen MR) is 108 cm³/mol. The minimum atomic E-state index is -0.162. The number of rotatable bonds is 5. The van der Waals surface area contributed by atoms with Gasteiger partial charge in [0.25, 0.3) is 0 Å². The normalized spacial score (nSPS) is 19.6. The van der Waals surface area contributed by atoms with Crippen molar-refractivity contribution in [3.05, 3.63) is 47.6 Å². The Morgan fingerprint density at radius 3 is 2.76 bits per heavy atom. The Kier molecular flexibility index (Phi) is 5.80. The van der Waals surface area contributed by atoms with Gasteiger partial charge in [0.15, 0.2) is 0 Å². The number of halogens is 1. The zero-order valence-corrected chi connectivity index (χ0v) is 16.7. The number of nitrogens with zero attached hydrogens (tertiary/aromatic N) is 5. The van der Waals surface area contributed by atoms with Crippen LogP contribution in [-0.2, 0) is 4.79 Å². The van der Waals surface area contributed by atoms with Crippen LogP contribution in [0.1, 0.15) is 12.8 Å². The van der Waals surface area contributed by atoms with Crippen molar-refractivity contribution in [1.82, 2.24) is 20.0 Å². The molecule has 29 heavy (non-hydrogen) atoms. The Morgan fingerprint density at radius 1 is 1.17 bits per heavy atom. The van der Waals surface area contributed by atoms with Gasteiger partial charge >= 0.3 is 6.03 Å². The summed E-state index contributed by atoms with van der Waals surface area (Å²) in [6.45, 7) is 2.29. The fraction of sp³-hybridized carbons (Fsp3) is 0.400. The molecule has 1 atom stereocenters. The first-order valence-electron chi connectivity index (χ1n) is 9.64. The van der Waals surface area contributed by atoms with Crippen LogP contribution in [0.5, 0.6) is 5.88 Å². The molecule has 2 aliphatic rings. The van der Waals surface area contributed by atoms with Crippen LogP contribution in [0.3, 0.4) is 0 Å². The van der Waals surface area contributed by atoms with E-state index in [0.717, 1.165) is 18.5 Å². The lowest BCUT2D eigenvalue weighted by molar-refractivity contribution is -0.134. The maximum absolute atomic E-state index is 12.8. The largest absolute Gasteiger partial charge is 0.471 e. The topological polar surface area (TPSA) is 78.9 Å². The molecule has 2 saturated heterocycles. The maximum atomic E-state index is 12.8. The van der Waals surface area contributed by atoms with Crippen LogP contribution < -0.4 is 9.64 Å². The first-order valence-corrected chi connectivity index (χ1v) is 10.0. The van der Waals surface area contributed by atoms with E-state index in [9.17, 15) is 9.59 Å². The molecular formula is C20H22ClN5O3. The second-order valence-corrected chi connectivity index (χ2v) is 7.55. The molecule has 0 saturated carbocycles. The standard InChI is InChI=1S/C20H22ClN5O3/c21-15-5-7-16(8-6-15)26-12-11-25(20(26)28)14-19(27)24-10-2-3-17(13-24)29-18-4-1-9-22-23-18/h1,4-9,17H,2-3,10-14H2. The van der Waals surface area contributed by atoms with Crippen molar-refractivity contribution < 1.29 is 14.3 Å². The molecule has 3 heterocycles. The molecule has 0 N–H and O–H groups in total. The van der Waals surface area contributed by atoms with E-state index in [-0.39, 0.29) is 24.6 Å². The van der Waals surface area contributed by atoms with Gasteiger partial charge in [-0.3, -0.25) is 9.69 Å². The van der Waals surface area contributed by atoms with E-state index in [1.165, 1.54) is 0 Å². The van der Waals surface area contributed by atoms with Gasteiger partial charge in [0, 0.05) is 42.6 Å². The number of hydrogen-bond acceptors (Lipinski definition) is 5. The highest BCUT2D eigenvalue weighted by Gasteiger charge is 2.33. The van der Waals surface area contributed by atoms with Crippen LogP contribution in [0.2, 0.25) is 5.02 Å². The lowest BCUT2D eigenvalue weighted by Gasteiger charge is -2.33. The minimum Gasteiger partial charge on any atom is -0.471 e. The number of piperidine rings is 1. The first kappa shape index (κ1) is 19.4. The molecule has 4 rings (SSSR count). The second-order valence-electron chi connectivity index (χ2n) is 7.12. The molecule has 1 aromatic carbocycles. The van der Waals surface area contributed by atoms with E-state index in [4.69, 9.17) is 16.3 Å². The molecule has 3 amide bonds. The van der Waals surface area contributed by atoms with Crippen molar-refractivity contribution >= 4 is 29.2 Å². The number of aromatic nitrogens is 2. The summed E-state index contributed by atoms with van der Waals surface area (Å²) in [6.07, 6.45) is 3.17. The molecule has 2 aromatic rings. The number of carbonyl (C=O) groups is 2. The quantitative estimate of drug-likeness (QED) is 0.749. The average Bonchev–Trinajstić information content (AvgIpc) is 3.10. The van der Waals surface area contributed by atoms with Gasteiger partial charge in [-0.05, 0) is 43.2 Å². The molecule has 8 nitrogen and oxygen atoms in total. The van der Waals surface area contributed by atoms with Crippen LogP contribution in [-0.4, -0.2) is 70.8 Å². The van der Waals surface area contributed by atoms with Crippen LogP contribution >= 0.6 is 11.6 Å². The number of ether oxygens (including phenoxy) is 1. The summed E-state index contributed by atoms with van der Waals surface area (Å²) in [5.41, 5.74) is 0.782. The number of likely N-dealkylation sites (tertiary alicyclic amines) is 1. The molecule has 2 aliphatic heterocycles. The third-order valence-corrected chi connectivity index (χ3v) is 5.38. The first-order chi connectivity index (χ1) is 14.1. The summed E-state index contributed by atoms with van der Waals surface area (Å²) in [7, 11) is 0. The Morgan fingerprint density at radius 2 is 2.00 bits per heavy atom. The number of hydrogen-bond donors (Lipinski definition) is 0. The van der Waals surface area contributed by atoms with Gasteiger partial charge in [-0.1, -0.05) is 11.6 Å². The summed E-state index contributed by atoms with van der Waals surface area (Å²) in [5, 5.41) is 8.36. The zero-order valence-electron chi connectivity index (χ0n) is 15.9. The molecule has 152 valence electrons. The fourth-order valence-electron chi connectivity index (χ4n) is 3.64. The van der Waals surface area contributed by atoms with E-state index in [2.05, 4.69) is 10.2 Å². The van der Waals surface area contributed by atoms with Gasteiger partial charge in [0.2, 0.25) is 11.8 Å². The van der Waals surface area contributed by atoms with E-state index < -0.39 is 0 Å². The maximum Gasteiger partial charge on any atom is 0.325 e. The number of carbonyl (C=O) groups excluding carboxylic acids is 2. The van der Waals surface area contributed by atoms with E-state index >= 15 is 0 Å². The SMILES string of the molecule is O=C(CN1CCN(c2ccc(Cl)cc2)C1=O)N1CCCC(Oc2cccnn2)C1. The van der Waals surface area contributed by atoms with Crippen LogP contribution in [0.15, 0.2) is 42.6 Å². The third kappa shape index (κ3) is 4.59. The highest BCUT2D eigenvalue weighted by Crippen LogP contribution is 2.23. The van der Waals surface area contributed by atoms with Gasteiger partial charge < -0.3 is 14.5 Å². The predicted octanol–water partition coefficient (Wildman–Crippen LogP) is 2.44. The van der Waals surface area contributed by atoms with Gasteiger partial charge in [-0.25, -0.2) is 4.79 Å². The van der Waals surface area contributed by atoms with E-state index in [1.807, 2.05) is 12.1 Å². The lowest BCUT2D eigenvalue weighted by atomic mass is 10.1. The van der Waals surface area contributed by atoms with Crippen LogP contribution in [0.4, 0.5) is 10.5 Å². The summed E-state index contributed by atoms with van der Waals surface area (Å²) >= 11 is 5.92. The van der Waals surface area contributed by atoms with E-state index in [0.29, 0.717) is 37.1 Å². The van der Waals surface area contributed by atoms with Crippen molar-refractivity contribution in [1.29, 1.82) is 0 Å². The molecule has 1 aromatic heterocycles. The van der Waals surface area contributed by atoms with Crippen molar-refractivity contribution in [2.24, 2.45) is 0 Å². The van der Waals surface area contributed by atoms with E-state index in [1.54, 1.807) is 45.2 Å². The average molecular weight is 416 g/mol. The Bertz CT molecular complexity index is 864. The third-order valence-electron chi connectivity index (χ3n) is 5.13. The Balaban J connectivity index is 1.33. The molecule has 0 bridgehead atoms. The minimum absolute atomic E-state index is 0.0660. The zero-order chi connectivity index (χ0) is 20.2. The summed E-state index contributed by atoms with van der Waals surface area (Å²) in [6, 6.07) is 10.5. The van der Waals surface area contributed by atoms with Crippen molar-refractivity contribution in [3.63, 3.8) is 0 Å². The highest BCUT2D eigenvalue weighted by atomic mass is 35.5. The van der Waals surface area contributed by atoms with Gasteiger partial charge in [0.1, 0.15) is 12.6 Å². The Labute approximate surface area is 174 Å². The summed E-state index contributed by atoms with van der Waals surface area (Å²) in [4.78, 5) is 30.5. The fourth-order valence-corrected chi connectivity index (χ4v) is 3.76. The highest BCUT2D eigenvalue weighted by molar-refractivity contribution is 6.30. The summed E-state index contributed by atoms with van der Waals surface area (Å²) in [5.74, 6) is 0.392. The van der Waals surface area contributed by atoms with Crippen LogP contribution in [0.25, 0.3) is 0 Å². The molecular weight excluding hydrogens is 394 g/mol. The number of anilines is 1. The van der Waals surface area contributed by atoms with Crippen molar-refractivity contribution in [3.8, 4) is 5.88 Å². The molecule has 0 radical (unpaired) electrons. The number of benzene rings is 1. The Hall–Kier alpha value is -2.87. The molecule has 2 fully saturated rings. The van der Waals surface area contributed by atoms with Crippen LogP contribution in [0, 0.1) is 0 Å². The smallest absolute Gasteiger partial charge is 0.325 e. The van der Waals surface area contributed by atoms with Gasteiger partial charge in [-0.15, -0.1) is 5.10 Å². The molecule has 1 unspecified atom stereocenters. The van der Waals surface area contributed by atoms with Gasteiger partial charge in [-0.2, -0.15) is 5.10 Å². The lowest BCUT2D eigenvalue weighted by Crippen LogP contribution is -2.48. The molecule has 0 spiro atoms. The van der Waals surface area contributed by atoms with Crippen molar-refractivity contribution in [2.75, 3.05) is 37.6 Å². The monoisotopic (exact) mass is 415 g/mol. The molecule has 0 aliphatic carbocycles. The number of amides is 3. The van der Waals surface area contributed by atoms with Gasteiger partial charge in [0.05, 0.1) is 6.54 Å². The number of urea groups is 1. The second kappa shape index (κ2) is 8.65.